The Balaban J connectivity index is 1.87. The maximum absolute atomic E-state index is 12.1. The molecule has 0 aliphatic rings. The highest BCUT2D eigenvalue weighted by molar-refractivity contribution is 5.80. The van der Waals surface area contributed by atoms with Crippen molar-refractivity contribution < 1.29 is 14.3 Å². The number of imidazole rings is 1. The standard InChI is InChI=1S/C18H25N3O3/c1-4-23-10-11-24-14(3)18(22)20-13(2)17-19-12-16(21-17)15-8-6-5-7-9-15/h5-9,12-14H,4,10-11H2,1-3H3,(H,19,21)(H,20,22)/t13-,14+/m0/s1. The van der Waals surface area contributed by atoms with Crippen LogP contribution in [0, 0.1) is 0 Å². The van der Waals surface area contributed by atoms with E-state index in [1.54, 1.807) is 13.1 Å². The summed E-state index contributed by atoms with van der Waals surface area (Å²) in [5.41, 5.74) is 1.98. The fourth-order valence-corrected chi connectivity index (χ4v) is 2.22. The van der Waals surface area contributed by atoms with Gasteiger partial charge in [0.15, 0.2) is 0 Å². The molecular formula is C18H25N3O3. The van der Waals surface area contributed by atoms with Crippen LogP contribution < -0.4 is 5.32 Å². The van der Waals surface area contributed by atoms with E-state index in [4.69, 9.17) is 9.47 Å². The number of H-pyrrole nitrogens is 1. The van der Waals surface area contributed by atoms with Crippen molar-refractivity contribution in [2.75, 3.05) is 19.8 Å². The number of amides is 1. The molecule has 0 spiro atoms. The van der Waals surface area contributed by atoms with Crippen LogP contribution in [0.5, 0.6) is 0 Å². The van der Waals surface area contributed by atoms with Crippen LogP contribution in [0.1, 0.15) is 32.6 Å². The Morgan fingerprint density at radius 2 is 2.00 bits per heavy atom. The lowest BCUT2D eigenvalue weighted by atomic mass is 10.2. The Hall–Kier alpha value is -2.18. The normalized spacial score (nSPS) is 13.5. The van der Waals surface area contributed by atoms with Crippen LogP contribution >= 0.6 is 0 Å². The van der Waals surface area contributed by atoms with Gasteiger partial charge in [0.2, 0.25) is 5.91 Å². The lowest BCUT2D eigenvalue weighted by Crippen LogP contribution is -2.37. The summed E-state index contributed by atoms with van der Waals surface area (Å²) < 4.78 is 10.6. The number of hydrogen-bond donors (Lipinski definition) is 2. The predicted molar refractivity (Wildman–Crippen MR) is 92.5 cm³/mol. The molecule has 0 bridgehead atoms. The van der Waals surface area contributed by atoms with Gasteiger partial charge in [0.25, 0.3) is 0 Å². The molecule has 0 saturated carbocycles. The first-order chi connectivity index (χ1) is 11.6. The van der Waals surface area contributed by atoms with Gasteiger partial charge in [0.05, 0.1) is 31.1 Å². The summed E-state index contributed by atoms with van der Waals surface area (Å²) in [6, 6.07) is 9.71. The molecule has 2 rings (SSSR count). The van der Waals surface area contributed by atoms with Crippen LogP contribution in [-0.2, 0) is 14.3 Å². The summed E-state index contributed by atoms with van der Waals surface area (Å²) in [5, 5.41) is 2.90. The number of nitrogens with one attached hydrogen (secondary N) is 2. The van der Waals surface area contributed by atoms with Crippen LogP contribution in [0.25, 0.3) is 11.3 Å². The van der Waals surface area contributed by atoms with Gasteiger partial charge >= 0.3 is 0 Å². The predicted octanol–water partition coefficient (Wildman–Crippen LogP) is 2.70. The van der Waals surface area contributed by atoms with Gasteiger partial charge in [-0.25, -0.2) is 4.98 Å². The monoisotopic (exact) mass is 331 g/mol. The van der Waals surface area contributed by atoms with Gasteiger partial charge in [0, 0.05) is 6.61 Å². The second kappa shape index (κ2) is 9.20. The topological polar surface area (TPSA) is 76.2 Å². The van der Waals surface area contributed by atoms with Crippen molar-refractivity contribution in [3.8, 4) is 11.3 Å². The lowest BCUT2D eigenvalue weighted by Gasteiger charge is -2.16. The zero-order valence-electron chi connectivity index (χ0n) is 14.4. The largest absolute Gasteiger partial charge is 0.379 e. The maximum atomic E-state index is 12.1. The van der Waals surface area contributed by atoms with Gasteiger partial charge in [-0.05, 0) is 26.3 Å². The van der Waals surface area contributed by atoms with E-state index >= 15 is 0 Å². The molecule has 0 radical (unpaired) electrons. The lowest BCUT2D eigenvalue weighted by molar-refractivity contribution is -0.133. The van der Waals surface area contributed by atoms with E-state index in [0.29, 0.717) is 25.6 Å². The molecule has 0 aliphatic heterocycles. The van der Waals surface area contributed by atoms with Crippen molar-refractivity contribution in [2.24, 2.45) is 0 Å². The SMILES string of the molecule is CCOCCO[C@H](C)C(=O)N[C@@H](C)c1ncc(-c2ccccc2)[nH]1. The van der Waals surface area contributed by atoms with Gasteiger partial charge in [-0.2, -0.15) is 0 Å². The number of aromatic amines is 1. The number of aromatic nitrogens is 2. The molecule has 1 aromatic carbocycles. The number of benzene rings is 1. The van der Waals surface area contributed by atoms with Crippen LogP contribution in [0.15, 0.2) is 36.5 Å². The van der Waals surface area contributed by atoms with Gasteiger partial charge in [-0.3, -0.25) is 4.79 Å². The number of nitrogens with zero attached hydrogens (tertiary/aromatic N) is 1. The molecule has 1 heterocycles. The van der Waals surface area contributed by atoms with Crippen molar-refractivity contribution in [1.29, 1.82) is 0 Å². The third kappa shape index (κ3) is 5.18. The quantitative estimate of drug-likeness (QED) is 0.693. The first kappa shape index (κ1) is 18.2. The zero-order chi connectivity index (χ0) is 17.4. The Labute approximate surface area is 142 Å². The van der Waals surface area contributed by atoms with Crippen molar-refractivity contribution in [2.45, 2.75) is 32.9 Å². The Morgan fingerprint density at radius 3 is 2.71 bits per heavy atom. The highest BCUT2D eigenvalue weighted by atomic mass is 16.5. The number of ether oxygens (including phenoxy) is 2. The number of rotatable bonds is 9. The summed E-state index contributed by atoms with van der Waals surface area (Å²) in [7, 11) is 0. The molecule has 0 unspecified atom stereocenters. The molecule has 0 aliphatic carbocycles. The first-order valence-corrected chi connectivity index (χ1v) is 8.21. The molecule has 1 aromatic heterocycles. The van der Waals surface area contributed by atoms with Crippen LogP contribution in [0.4, 0.5) is 0 Å². The van der Waals surface area contributed by atoms with Crippen LogP contribution in [0.3, 0.4) is 0 Å². The van der Waals surface area contributed by atoms with Crippen molar-refractivity contribution in [3.63, 3.8) is 0 Å². The first-order valence-electron chi connectivity index (χ1n) is 8.21. The van der Waals surface area contributed by atoms with E-state index < -0.39 is 6.10 Å². The molecule has 0 fully saturated rings. The summed E-state index contributed by atoms with van der Waals surface area (Å²) >= 11 is 0. The molecule has 6 nitrogen and oxygen atoms in total. The minimum atomic E-state index is -0.531. The number of carbonyl (C=O) groups is 1. The van der Waals surface area contributed by atoms with Gasteiger partial charge in [-0.1, -0.05) is 30.3 Å². The molecule has 130 valence electrons. The third-order valence-electron chi connectivity index (χ3n) is 3.62. The summed E-state index contributed by atoms with van der Waals surface area (Å²) in [6.45, 7) is 7.07. The van der Waals surface area contributed by atoms with Gasteiger partial charge in [0.1, 0.15) is 11.9 Å². The van der Waals surface area contributed by atoms with E-state index in [1.807, 2.05) is 44.2 Å². The van der Waals surface area contributed by atoms with Gasteiger partial charge < -0.3 is 19.8 Å². The van der Waals surface area contributed by atoms with Crippen LogP contribution in [-0.4, -0.2) is 41.8 Å². The Kier molecular flexibility index (Phi) is 6.96. The molecule has 24 heavy (non-hydrogen) atoms. The molecule has 2 atom stereocenters. The Morgan fingerprint density at radius 1 is 1.25 bits per heavy atom. The van der Waals surface area contributed by atoms with Crippen LogP contribution in [0.2, 0.25) is 0 Å². The fraction of sp³-hybridized carbons (Fsp3) is 0.444. The highest BCUT2D eigenvalue weighted by Crippen LogP contribution is 2.18. The molecular weight excluding hydrogens is 306 g/mol. The Bertz CT molecular complexity index is 627. The van der Waals surface area contributed by atoms with Crippen molar-refractivity contribution >= 4 is 5.91 Å². The number of carbonyl (C=O) groups excluding carboxylic acids is 1. The average Bonchev–Trinajstić information content (AvgIpc) is 3.09. The van der Waals surface area contributed by atoms with E-state index in [9.17, 15) is 4.79 Å². The minimum Gasteiger partial charge on any atom is -0.379 e. The summed E-state index contributed by atoms with van der Waals surface area (Å²) in [4.78, 5) is 19.8. The van der Waals surface area contributed by atoms with Crippen molar-refractivity contribution in [3.05, 3.63) is 42.4 Å². The minimum absolute atomic E-state index is 0.170. The van der Waals surface area contributed by atoms with E-state index in [-0.39, 0.29) is 11.9 Å². The number of hydrogen-bond acceptors (Lipinski definition) is 4. The molecule has 2 aromatic rings. The summed E-state index contributed by atoms with van der Waals surface area (Å²) in [6.07, 6.45) is 1.24. The summed E-state index contributed by atoms with van der Waals surface area (Å²) in [5.74, 6) is 0.542. The van der Waals surface area contributed by atoms with Gasteiger partial charge in [-0.15, -0.1) is 0 Å². The fourth-order valence-electron chi connectivity index (χ4n) is 2.22. The molecule has 2 N–H and O–H groups in total. The second-order valence-corrected chi connectivity index (χ2v) is 5.49. The second-order valence-electron chi connectivity index (χ2n) is 5.49. The van der Waals surface area contributed by atoms with Crippen molar-refractivity contribution in [1.82, 2.24) is 15.3 Å². The smallest absolute Gasteiger partial charge is 0.249 e. The van der Waals surface area contributed by atoms with E-state index in [1.165, 1.54) is 0 Å². The maximum Gasteiger partial charge on any atom is 0.249 e. The zero-order valence-corrected chi connectivity index (χ0v) is 14.4. The molecule has 1 amide bonds. The van der Waals surface area contributed by atoms with E-state index in [0.717, 1.165) is 11.3 Å². The third-order valence-corrected chi connectivity index (χ3v) is 3.62. The highest BCUT2D eigenvalue weighted by Gasteiger charge is 2.18. The molecule has 0 saturated heterocycles. The molecule has 6 heteroatoms. The van der Waals surface area contributed by atoms with E-state index in [2.05, 4.69) is 15.3 Å². The average molecular weight is 331 g/mol.